The van der Waals surface area contributed by atoms with Gasteiger partial charge >= 0.3 is 6.03 Å². The number of urea groups is 1. The van der Waals surface area contributed by atoms with Gasteiger partial charge in [0.2, 0.25) is 0 Å². The van der Waals surface area contributed by atoms with Gasteiger partial charge in [-0.15, -0.1) is 0 Å². The van der Waals surface area contributed by atoms with Crippen molar-refractivity contribution in [3.8, 4) is 11.5 Å². The molecule has 0 unspecified atom stereocenters. The molecular formula is C32H25N3O6. The normalized spacial score (nSPS) is 13.2. The molecule has 0 spiro atoms. The van der Waals surface area contributed by atoms with Gasteiger partial charge in [0.1, 0.15) is 17.1 Å². The largest absolute Gasteiger partial charge is 0.495 e. The minimum absolute atomic E-state index is 0.244. The van der Waals surface area contributed by atoms with Crippen LogP contribution in [0.25, 0.3) is 6.08 Å². The first-order valence-electron chi connectivity index (χ1n) is 12.7. The summed E-state index contributed by atoms with van der Waals surface area (Å²) in [5, 5.41) is 2.74. The fourth-order valence-electron chi connectivity index (χ4n) is 4.30. The van der Waals surface area contributed by atoms with E-state index >= 15 is 0 Å². The number of benzene rings is 4. The molecule has 0 radical (unpaired) electrons. The maximum Gasteiger partial charge on any atom is 0.343 e. The van der Waals surface area contributed by atoms with E-state index in [-0.39, 0.29) is 17.9 Å². The highest BCUT2D eigenvalue weighted by atomic mass is 16.5. The number of barbiturate groups is 1. The molecule has 9 nitrogen and oxygen atoms in total. The Hall–Kier alpha value is -5.70. The van der Waals surface area contributed by atoms with Crippen molar-refractivity contribution in [2.24, 2.45) is 0 Å². The zero-order chi connectivity index (χ0) is 28.8. The van der Waals surface area contributed by atoms with Gasteiger partial charge in [0.15, 0.2) is 6.61 Å². The van der Waals surface area contributed by atoms with Gasteiger partial charge in [0, 0.05) is 5.56 Å². The maximum atomic E-state index is 13.6. The predicted octanol–water partition coefficient (Wildman–Crippen LogP) is 5.30. The third-order valence-corrected chi connectivity index (χ3v) is 6.24. The lowest BCUT2D eigenvalue weighted by atomic mass is 10.0. The minimum Gasteiger partial charge on any atom is -0.495 e. The number of para-hydroxylation sites is 5. The van der Waals surface area contributed by atoms with E-state index in [0.29, 0.717) is 28.4 Å². The molecular weight excluding hydrogens is 522 g/mol. The number of hydrogen-bond acceptors (Lipinski definition) is 6. The van der Waals surface area contributed by atoms with Gasteiger partial charge in [0.25, 0.3) is 17.7 Å². The van der Waals surface area contributed by atoms with Crippen LogP contribution in [0.3, 0.4) is 0 Å². The van der Waals surface area contributed by atoms with Crippen LogP contribution in [0.4, 0.5) is 21.9 Å². The topological polar surface area (TPSA) is 105 Å². The van der Waals surface area contributed by atoms with Crippen LogP contribution in [0, 0.1) is 0 Å². The number of methoxy groups -OCH3 is 1. The van der Waals surface area contributed by atoms with E-state index in [1.807, 2.05) is 0 Å². The van der Waals surface area contributed by atoms with Gasteiger partial charge in [-0.05, 0) is 48.5 Å². The molecule has 1 fully saturated rings. The molecule has 5 amide bonds. The number of carbonyl (C=O) groups is 4. The Kier molecular flexibility index (Phi) is 7.87. The maximum absolute atomic E-state index is 13.6. The Morgan fingerprint density at radius 3 is 1.80 bits per heavy atom. The monoisotopic (exact) mass is 547 g/mol. The average molecular weight is 548 g/mol. The number of amides is 5. The van der Waals surface area contributed by atoms with Crippen molar-refractivity contribution in [3.63, 3.8) is 0 Å². The van der Waals surface area contributed by atoms with E-state index in [1.165, 1.54) is 13.2 Å². The highest BCUT2D eigenvalue weighted by Crippen LogP contribution is 2.31. The van der Waals surface area contributed by atoms with Crippen LogP contribution >= 0.6 is 0 Å². The Morgan fingerprint density at radius 1 is 0.707 bits per heavy atom. The molecule has 0 aromatic heterocycles. The lowest BCUT2D eigenvalue weighted by Crippen LogP contribution is -2.57. The van der Waals surface area contributed by atoms with Gasteiger partial charge in [-0.3, -0.25) is 14.4 Å². The average Bonchev–Trinajstić information content (AvgIpc) is 3.00. The van der Waals surface area contributed by atoms with Gasteiger partial charge in [-0.1, -0.05) is 66.7 Å². The first kappa shape index (κ1) is 26.9. The molecule has 1 saturated heterocycles. The summed E-state index contributed by atoms with van der Waals surface area (Å²) in [5.74, 6) is -1.21. The van der Waals surface area contributed by atoms with Crippen LogP contribution in [0.2, 0.25) is 0 Å². The zero-order valence-corrected chi connectivity index (χ0v) is 22.0. The summed E-state index contributed by atoms with van der Waals surface area (Å²) >= 11 is 0. The SMILES string of the molecule is COc1ccccc1NC(=O)COc1ccccc1C=C1C(=O)N(c2ccccc2)C(=O)N(c2ccccc2)C1=O. The Labute approximate surface area is 236 Å². The van der Waals surface area contributed by atoms with Crippen LogP contribution in [-0.2, 0) is 14.4 Å². The van der Waals surface area contributed by atoms with Crippen molar-refractivity contribution in [1.29, 1.82) is 0 Å². The third kappa shape index (κ3) is 5.69. The molecule has 0 saturated carbocycles. The second-order valence-corrected chi connectivity index (χ2v) is 8.87. The van der Waals surface area contributed by atoms with E-state index in [9.17, 15) is 19.2 Å². The van der Waals surface area contributed by atoms with Crippen molar-refractivity contribution in [2.45, 2.75) is 0 Å². The number of hydrogen-bond donors (Lipinski definition) is 1. The van der Waals surface area contributed by atoms with Gasteiger partial charge in [0.05, 0.1) is 24.2 Å². The van der Waals surface area contributed by atoms with Crippen LogP contribution in [0.5, 0.6) is 11.5 Å². The molecule has 204 valence electrons. The Balaban J connectivity index is 1.46. The second kappa shape index (κ2) is 12.0. The number of rotatable bonds is 8. The van der Waals surface area contributed by atoms with Gasteiger partial charge in [-0.2, -0.15) is 0 Å². The van der Waals surface area contributed by atoms with Gasteiger partial charge < -0.3 is 14.8 Å². The summed E-state index contributed by atoms with van der Waals surface area (Å²) in [6, 6.07) is 29.6. The van der Waals surface area contributed by atoms with Crippen molar-refractivity contribution in [1.82, 2.24) is 0 Å². The Morgan fingerprint density at radius 2 is 1.22 bits per heavy atom. The second-order valence-electron chi connectivity index (χ2n) is 8.87. The smallest absolute Gasteiger partial charge is 0.343 e. The summed E-state index contributed by atoms with van der Waals surface area (Å²) in [5.41, 5.74) is 1.26. The highest BCUT2D eigenvalue weighted by molar-refractivity contribution is 6.46. The van der Waals surface area contributed by atoms with Gasteiger partial charge in [-0.25, -0.2) is 14.6 Å². The molecule has 1 N–H and O–H groups in total. The number of anilines is 3. The highest BCUT2D eigenvalue weighted by Gasteiger charge is 2.43. The lowest BCUT2D eigenvalue weighted by Gasteiger charge is -2.34. The van der Waals surface area contributed by atoms with Crippen LogP contribution in [0.1, 0.15) is 5.56 Å². The number of carbonyl (C=O) groups excluding carboxylic acids is 4. The predicted molar refractivity (Wildman–Crippen MR) is 155 cm³/mol. The number of ether oxygens (including phenoxy) is 2. The van der Waals surface area contributed by atoms with Crippen molar-refractivity contribution in [3.05, 3.63) is 120 Å². The number of nitrogens with one attached hydrogen (secondary N) is 1. The van der Waals surface area contributed by atoms with Crippen molar-refractivity contribution >= 4 is 46.9 Å². The molecule has 0 bridgehead atoms. The van der Waals surface area contributed by atoms with E-state index in [1.54, 1.807) is 109 Å². The summed E-state index contributed by atoms with van der Waals surface area (Å²) in [4.78, 5) is 55.3. The fourth-order valence-corrected chi connectivity index (χ4v) is 4.30. The number of nitrogens with zero attached hydrogens (tertiary/aromatic N) is 2. The minimum atomic E-state index is -0.785. The molecule has 9 heteroatoms. The molecule has 1 aliphatic heterocycles. The van der Waals surface area contributed by atoms with E-state index in [4.69, 9.17) is 9.47 Å². The molecule has 4 aromatic rings. The molecule has 41 heavy (non-hydrogen) atoms. The first-order chi connectivity index (χ1) is 20.0. The van der Waals surface area contributed by atoms with Crippen LogP contribution in [0.15, 0.2) is 115 Å². The summed E-state index contributed by atoms with van der Waals surface area (Å²) < 4.78 is 11.0. The fraction of sp³-hybridized carbons (Fsp3) is 0.0625. The third-order valence-electron chi connectivity index (χ3n) is 6.24. The number of imide groups is 2. The molecule has 1 aliphatic rings. The zero-order valence-electron chi connectivity index (χ0n) is 22.0. The van der Waals surface area contributed by atoms with Crippen molar-refractivity contribution < 1.29 is 28.7 Å². The summed E-state index contributed by atoms with van der Waals surface area (Å²) in [7, 11) is 1.50. The molecule has 5 rings (SSSR count). The standard InChI is InChI=1S/C32H25N3O6/c1-40-28-19-11-9-17-26(28)33-29(36)21-41-27-18-10-8-12-22(27)20-25-30(37)34(23-13-4-2-5-14-23)32(39)35(31(25)38)24-15-6-3-7-16-24/h2-20H,21H2,1H3,(H,33,36). The van der Waals surface area contributed by atoms with E-state index in [2.05, 4.69) is 5.32 Å². The van der Waals surface area contributed by atoms with Crippen LogP contribution in [-0.4, -0.2) is 37.5 Å². The van der Waals surface area contributed by atoms with E-state index < -0.39 is 23.8 Å². The summed E-state index contributed by atoms with van der Waals surface area (Å²) in [6.07, 6.45) is 1.37. The first-order valence-corrected chi connectivity index (χ1v) is 12.7. The Bertz CT molecular complexity index is 1570. The lowest BCUT2D eigenvalue weighted by molar-refractivity contribution is -0.121. The van der Waals surface area contributed by atoms with Crippen molar-refractivity contribution in [2.75, 3.05) is 28.8 Å². The van der Waals surface area contributed by atoms with Crippen LogP contribution < -0.4 is 24.6 Å². The quantitative estimate of drug-likeness (QED) is 0.237. The molecule has 0 aliphatic carbocycles. The van der Waals surface area contributed by atoms with E-state index in [0.717, 1.165) is 9.80 Å². The summed E-state index contributed by atoms with van der Waals surface area (Å²) in [6.45, 7) is -0.342. The molecule has 0 atom stereocenters. The molecule has 4 aromatic carbocycles. The molecule has 1 heterocycles.